The summed E-state index contributed by atoms with van der Waals surface area (Å²) in [4.78, 5) is 20.0. The quantitative estimate of drug-likeness (QED) is 0.441. The average Bonchev–Trinajstić information content (AvgIpc) is 3.27. The van der Waals surface area contributed by atoms with Gasteiger partial charge in [-0.2, -0.15) is 0 Å². The summed E-state index contributed by atoms with van der Waals surface area (Å²) in [7, 11) is 0. The number of para-hydroxylation sites is 3. The van der Waals surface area contributed by atoms with Gasteiger partial charge in [0, 0.05) is 37.3 Å². The van der Waals surface area contributed by atoms with Crippen LogP contribution in [0, 0.1) is 0 Å². The number of nitrogens with one attached hydrogen (secondary N) is 1. The zero-order valence-electron chi connectivity index (χ0n) is 19.5. The highest BCUT2D eigenvalue weighted by atomic mass is 16.5. The largest absolute Gasteiger partial charge is 0.378 e. The van der Waals surface area contributed by atoms with E-state index < -0.39 is 0 Å². The average molecular weight is 455 g/mol. The molecule has 0 bridgehead atoms. The third-order valence-corrected chi connectivity index (χ3v) is 6.37. The SMILES string of the molecule is CC(NC(=O)CCc1nc2ccccc2n1-c1ccccc1)c1ccc(N2CCOCC2)cc1. The van der Waals surface area contributed by atoms with E-state index in [1.54, 1.807) is 0 Å². The van der Waals surface area contributed by atoms with Crippen molar-refractivity contribution in [1.29, 1.82) is 0 Å². The third kappa shape index (κ3) is 4.82. The van der Waals surface area contributed by atoms with Crippen molar-refractivity contribution in [2.24, 2.45) is 0 Å². The van der Waals surface area contributed by atoms with Gasteiger partial charge < -0.3 is 15.0 Å². The zero-order chi connectivity index (χ0) is 23.3. The Morgan fingerprint density at radius 3 is 2.41 bits per heavy atom. The van der Waals surface area contributed by atoms with Crippen molar-refractivity contribution in [3.8, 4) is 5.69 Å². The number of fused-ring (bicyclic) bond motifs is 1. The number of carbonyl (C=O) groups excluding carboxylic acids is 1. The smallest absolute Gasteiger partial charge is 0.220 e. The number of imidazole rings is 1. The van der Waals surface area contributed by atoms with Crippen LogP contribution in [0.15, 0.2) is 78.9 Å². The second kappa shape index (κ2) is 10.1. The first-order chi connectivity index (χ1) is 16.7. The number of ether oxygens (including phenoxy) is 1. The fourth-order valence-electron chi connectivity index (χ4n) is 4.53. The summed E-state index contributed by atoms with van der Waals surface area (Å²) in [5.41, 5.74) is 5.35. The van der Waals surface area contributed by atoms with Gasteiger partial charge in [0.1, 0.15) is 5.82 Å². The van der Waals surface area contributed by atoms with E-state index in [0.29, 0.717) is 12.8 Å². The Labute approximate surface area is 200 Å². The van der Waals surface area contributed by atoms with E-state index in [4.69, 9.17) is 9.72 Å². The molecule has 0 radical (unpaired) electrons. The van der Waals surface area contributed by atoms with Crippen molar-refractivity contribution in [2.75, 3.05) is 31.2 Å². The molecule has 1 aliphatic heterocycles. The van der Waals surface area contributed by atoms with Gasteiger partial charge in [-0.1, -0.05) is 42.5 Å². The highest BCUT2D eigenvalue weighted by Gasteiger charge is 2.16. The van der Waals surface area contributed by atoms with E-state index in [1.165, 1.54) is 5.69 Å². The lowest BCUT2D eigenvalue weighted by Crippen LogP contribution is -2.36. The van der Waals surface area contributed by atoms with Crippen LogP contribution in [-0.2, 0) is 16.0 Å². The Kier molecular flexibility index (Phi) is 6.58. The molecule has 0 aliphatic carbocycles. The monoisotopic (exact) mass is 454 g/mol. The van der Waals surface area contributed by atoms with Crippen LogP contribution in [0.1, 0.15) is 30.8 Å². The molecule has 1 N–H and O–H groups in total. The maximum absolute atomic E-state index is 12.8. The van der Waals surface area contributed by atoms with Crippen LogP contribution >= 0.6 is 0 Å². The molecule has 4 aromatic rings. The number of rotatable bonds is 7. The number of nitrogens with zero attached hydrogens (tertiary/aromatic N) is 3. The number of anilines is 1. The zero-order valence-corrected chi connectivity index (χ0v) is 19.5. The van der Waals surface area contributed by atoms with Gasteiger partial charge in [0.2, 0.25) is 5.91 Å². The van der Waals surface area contributed by atoms with Crippen molar-refractivity contribution in [3.05, 3.63) is 90.3 Å². The van der Waals surface area contributed by atoms with Crippen molar-refractivity contribution in [1.82, 2.24) is 14.9 Å². The summed E-state index contributed by atoms with van der Waals surface area (Å²) in [6.07, 6.45) is 0.949. The van der Waals surface area contributed by atoms with Gasteiger partial charge in [-0.15, -0.1) is 0 Å². The van der Waals surface area contributed by atoms with Gasteiger partial charge in [0.05, 0.1) is 30.3 Å². The van der Waals surface area contributed by atoms with E-state index in [1.807, 2.05) is 43.3 Å². The molecule has 174 valence electrons. The highest BCUT2D eigenvalue weighted by Crippen LogP contribution is 2.23. The minimum atomic E-state index is -0.0563. The van der Waals surface area contributed by atoms with E-state index in [0.717, 1.165) is 54.4 Å². The molecule has 1 atom stereocenters. The fraction of sp³-hybridized carbons (Fsp3) is 0.286. The lowest BCUT2D eigenvalue weighted by Gasteiger charge is -2.29. The number of amides is 1. The minimum absolute atomic E-state index is 0.0245. The maximum Gasteiger partial charge on any atom is 0.220 e. The molecule has 0 spiro atoms. The Balaban J connectivity index is 1.24. The van der Waals surface area contributed by atoms with Crippen molar-refractivity contribution in [2.45, 2.75) is 25.8 Å². The summed E-state index contributed by atoms with van der Waals surface area (Å²) in [5, 5.41) is 3.15. The Morgan fingerprint density at radius 2 is 1.65 bits per heavy atom. The summed E-state index contributed by atoms with van der Waals surface area (Å²) >= 11 is 0. The van der Waals surface area contributed by atoms with E-state index in [9.17, 15) is 4.79 Å². The molecule has 1 fully saturated rings. The molecule has 1 aromatic heterocycles. The lowest BCUT2D eigenvalue weighted by atomic mass is 10.1. The molecule has 5 rings (SSSR count). The fourth-order valence-corrected chi connectivity index (χ4v) is 4.53. The number of carbonyl (C=O) groups is 1. The standard InChI is InChI=1S/C28H30N4O2/c1-21(22-11-13-23(14-12-22)31-17-19-34-20-18-31)29-28(33)16-15-27-30-25-9-5-6-10-26(25)32(27)24-7-3-2-4-8-24/h2-14,21H,15-20H2,1H3,(H,29,33). The first-order valence-electron chi connectivity index (χ1n) is 11.9. The molecule has 2 heterocycles. The summed E-state index contributed by atoms with van der Waals surface area (Å²) in [6, 6.07) is 26.7. The van der Waals surface area contributed by atoms with Gasteiger partial charge in [0.25, 0.3) is 0 Å². The summed E-state index contributed by atoms with van der Waals surface area (Å²) in [6.45, 7) is 5.40. The second-order valence-electron chi connectivity index (χ2n) is 8.67. The van der Waals surface area contributed by atoms with Crippen LogP contribution in [0.25, 0.3) is 16.7 Å². The van der Waals surface area contributed by atoms with Crippen LogP contribution in [0.2, 0.25) is 0 Å². The maximum atomic E-state index is 12.8. The minimum Gasteiger partial charge on any atom is -0.378 e. The van der Waals surface area contributed by atoms with Gasteiger partial charge in [-0.25, -0.2) is 4.98 Å². The second-order valence-corrected chi connectivity index (χ2v) is 8.67. The van der Waals surface area contributed by atoms with E-state index in [-0.39, 0.29) is 11.9 Å². The molecule has 1 saturated heterocycles. The molecule has 1 unspecified atom stereocenters. The first-order valence-corrected chi connectivity index (χ1v) is 11.9. The third-order valence-electron chi connectivity index (χ3n) is 6.37. The number of morpholine rings is 1. The van der Waals surface area contributed by atoms with Crippen molar-refractivity contribution in [3.63, 3.8) is 0 Å². The topological polar surface area (TPSA) is 59.4 Å². The number of aryl methyl sites for hydroxylation is 1. The predicted octanol–water partition coefficient (Wildman–Crippen LogP) is 4.67. The van der Waals surface area contributed by atoms with Crippen LogP contribution in [0.3, 0.4) is 0 Å². The molecule has 6 heteroatoms. The van der Waals surface area contributed by atoms with Gasteiger partial charge >= 0.3 is 0 Å². The highest BCUT2D eigenvalue weighted by molar-refractivity contribution is 5.79. The van der Waals surface area contributed by atoms with Crippen LogP contribution < -0.4 is 10.2 Å². The van der Waals surface area contributed by atoms with Crippen LogP contribution in [0.5, 0.6) is 0 Å². The molecular weight excluding hydrogens is 424 g/mol. The normalized spacial score (nSPS) is 14.8. The van der Waals surface area contributed by atoms with Gasteiger partial charge in [-0.05, 0) is 48.9 Å². The summed E-state index contributed by atoms with van der Waals surface area (Å²) in [5.74, 6) is 0.918. The van der Waals surface area contributed by atoms with E-state index >= 15 is 0 Å². The molecule has 34 heavy (non-hydrogen) atoms. The molecule has 6 nitrogen and oxygen atoms in total. The molecule has 1 aliphatic rings. The number of hydrogen-bond donors (Lipinski definition) is 1. The molecular formula is C28H30N4O2. The molecule has 3 aromatic carbocycles. The van der Waals surface area contributed by atoms with E-state index in [2.05, 4.69) is 57.2 Å². The van der Waals surface area contributed by atoms with Gasteiger partial charge in [-0.3, -0.25) is 9.36 Å². The Hall–Kier alpha value is -3.64. The molecule has 0 saturated carbocycles. The Bertz CT molecular complexity index is 1240. The predicted molar refractivity (Wildman–Crippen MR) is 135 cm³/mol. The lowest BCUT2D eigenvalue weighted by molar-refractivity contribution is -0.121. The van der Waals surface area contributed by atoms with Crippen LogP contribution in [0.4, 0.5) is 5.69 Å². The number of aromatic nitrogens is 2. The summed E-state index contributed by atoms with van der Waals surface area (Å²) < 4.78 is 7.59. The van der Waals surface area contributed by atoms with Crippen molar-refractivity contribution >= 4 is 22.6 Å². The van der Waals surface area contributed by atoms with Crippen LogP contribution in [-0.4, -0.2) is 41.8 Å². The van der Waals surface area contributed by atoms with Gasteiger partial charge in [0.15, 0.2) is 0 Å². The Morgan fingerprint density at radius 1 is 0.941 bits per heavy atom. The van der Waals surface area contributed by atoms with Crippen molar-refractivity contribution < 1.29 is 9.53 Å². The first kappa shape index (κ1) is 22.2. The number of hydrogen-bond acceptors (Lipinski definition) is 4. The number of benzene rings is 3. The molecule has 1 amide bonds.